The van der Waals surface area contributed by atoms with Gasteiger partial charge < -0.3 is 4.74 Å². The van der Waals surface area contributed by atoms with Gasteiger partial charge in [-0.3, -0.25) is 5.32 Å². The maximum absolute atomic E-state index is 13.5. The van der Waals surface area contributed by atoms with Crippen LogP contribution in [0.1, 0.15) is 27.2 Å². The molecule has 0 aromatic rings. The quantitative estimate of drug-likeness (QED) is 0.550. The van der Waals surface area contributed by atoms with Crippen LogP contribution in [-0.2, 0) is 4.74 Å². The van der Waals surface area contributed by atoms with Gasteiger partial charge in [-0.05, 0) is 20.8 Å². The highest BCUT2D eigenvalue weighted by Crippen LogP contribution is 2.45. The minimum absolute atomic E-state index is 0.282. The highest BCUT2D eigenvalue weighted by atomic mass is 19.1. The van der Waals surface area contributed by atoms with Crippen LogP contribution in [0.2, 0.25) is 0 Å². The predicted molar refractivity (Wildman–Crippen MR) is 51.5 cm³/mol. The molecule has 1 rings (SSSR count). The molecule has 1 aliphatic carbocycles. The largest absolute Gasteiger partial charge is 0.444 e. The number of halogens is 1. The number of rotatable bonds is 2. The van der Waals surface area contributed by atoms with Crippen LogP contribution in [0.4, 0.5) is 9.18 Å². The Hall–Kier alpha value is -1.06. The van der Waals surface area contributed by atoms with Crippen LogP contribution in [0.3, 0.4) is 0 Å². The second-order valence-corrected chi connectivity index (χ2v) is 4.54. The van der Waals surface area contributed by atoms with Gasteiger partial charge in [-0.2, -0.15) is 0 Å². The minimum Gasteiger partial charge on any atom is -0.444 e. The summed E-state index contributed by atoms with van der Waals surface area (Å²) in [6.07, 6.45) is 1.07. The summed E-state index contributed by atoms with van der Waals surface area (Å²) in [4.78, 5) is 11.2. The van der Waals surface area contributed by atoms with Crippen molar-refractivity contribution in [2.45, 2.75) is 38.6 Å². The van der Waals surface area contributed by atoms with Gasteiger partial charge >= 0.3 is 6.09 Å². The van der Waals surface area contributed by atoms with Crippen molar-refractivity contribution in [3.8, 4) is 0 Å². The average molecular weight is 201 g/mol. The molecule has 14 heavy (non-hydrogen) atoms. The summed E-state index contributed by atoms with van der Waals surface area (Å²) in [5, 5.41) is 2.19. The number of alkyl halides is 1. The zero-order valence-corrected chi connectivity index (χ0v) is 8.76. The summed E-state index contributed by atoms with van der Waals surface area (Å²) in [5.74, 6) is -1.92. The monoisotopic (exact) mass is 201 g/mol. The maximum Gasteiger partial charge on any atom is 0.410 e. The molecule has 4 heteroatoms. The first-order valence-electron chi connectivity index (χ1n) is 4.59. The van der Waals surface area contributed by atoms with Crippen LogP contribution in [-0.4, -0.2) is 17.5 Å². The van der Waals surface area contributed by atoms with Crippen molar-refractivity contribution in [2.75, 3.05) is 0 Å². The van der Waals surface area contributed by atoms with Gasteiger partial charge in [0.15, 0.2) is 5.79 Å². The Balaban J connectivity index is 2.39. The third kappa shape index (κ3) is 2.72. The Morgan fingerprint density at radius 3 is 2.64 bits per heavy atom. The minimum atomic E-state index is -1.63. The highest BCUT2D eigenvalue weighted by molar-refractivity contribution is 5.69. The summed E-state index contributed by atoms with van der Waals surface area (Å²) >= 11 is 0. The third-order valence-corrected chi connectivity index (χ3v) is 1.94. The molecule has 1 saturated carbocycles. The van der Waals surface area contributed by atoms with E-state index in [0.29, 0.717) is 0 Å². The molecule has 0 heterocycles. The molecule has 3 nitrogen and oxygen atoms in total. The number of amides is 1. The topological polar surface area (TPSA) is 38.3 Å². The van der Waals surface area contributed by atoms with Crippen LogP contribution in [0.25, 0.3) is 0 Å². The Morgan fingerprint density at radius 2 is 2.29 bits per heavy atom. The van der Waals surface area contributed by atoms with Crippen molar-refractivity contribution < 1.29 is 13.9 Å². The van der Waals surface area contributed by atoms with Crippen LogP contribution in [0, 0.1) is 5.92 Å². The van der Waals surface area contributed by atoms with Crippen molar-refractivity contribution in [1.29, 1.82) is 0 Å². The molecular formula is C10H16FNO2. The van der Waals surface area contributed by atoms with Crippen LogP contribution >= 0.6 is 0 Å². The van der Waals surface area contributed by atoms with E-state index < -0.39 is 17.5 Å². The molecular weight excluding hydrogens is 185 g/mol. The van der Waals surface area contributed by atoms with E-state index in [2.05, 4.69) is 11.9 Å². The number of alkyl carbamates (subject to hydrolysis) is 1. The molecule has 0 aromatic carbocycles. The number of ether oxygens (including phenoxy) is 1. The van der Waals surface area contributed by atoms with Gasteiger partial charge in [0.05, 0.1) is 0 Å². The Kier molecular flexibility index (Phi) is 2.56. The van der Waals surface area contributed by atoms with E-state index in [9.17, 15) is 9.18 Å². The van der Waals surface area contributed by atoms with Gasteiger partial charge in [-0.15, -0.1) is 6.58 Å². The van der Waals surface area contributed by atoms with Crippen molar-refractivity contribution in [3.63, 3.8) is 0 Å². The summed E-state index contributed by atoms with van der Waals surface area (Å²) in [7, 11) is 0. The van der Waals surface area contributed by atoms with Crippen LogP contribution in [0.15, 0.2) is 12.7 Å². The Morgan fingerprint density at radius 1 is 1.71 bits per heavy atom. The molecule has 0 saturated heterocycles. The molecule has 80 valence electrons. The molecule has 0 radical (unpaired) electrons. The fourth-order valence-electron chi connectivity index (χ4n) is 1.15. The normalized spacial score (nSPS) is 30.7. The smallest absolute Gasteiger partial charge is 0.410 e. The molecule has 1 amide bonds. The van der Waals surface area contributed by atoms with Gasteiger partial charge in [-0.25, -0.2) is 9.18 Å². The number of hydrogen-bond acceptors (Lipinski definition) is 2. The summed E-state index contributed by atoms with van der Waals surface area (Å²) in [5.41, 5.74) is -0.598. The molecule has 1 aliphatic rings. The van der Waals surface area contributed by atoms with E-state index in [-0.39, 0.29) is 12.3 Å². The van der Waals surface area contributed by atoms with Crippen LogP contribution < -0.4 is 5.32 Å². The lowest BCUT2D eigenvalue weighted by atomic mass is 10.2. The third-order valence-electron chi connectivity index (χ3n) is 1.94. The lowest BCUT2D eigenvalue weighted by Crippen LogP contribution is -2.39. The lowest BCUT2D eigenvalue weighted by Gasteiger charge is -2.20. The molecule has 0 spiro atoms. The summed E-state index contributed by atoms with van der Waals surface area (Å²) in [6, 6.07) is 0. The van der Waals surface area contributed by atoms with Crippen molar-refractivity contribution in [2.24, 2.45) is 5.92 Å². The zero-order valence-electron chi connectivity index (χ0n) is 8.76. The van der Waals surface area contributed by atoms with Crippen molar-refractivity contribution in [3.05, 3.63) is 12.7 Å². The maximum atomic E-state index is 13.5. The second-order valence-electron chi connectivity index (χ2n) is 4.54. The van der Waals surface area contributed by atoms with E-state index >= 15 is 0 Å². The fourth-order valence-corrected chi connectivity index (χ4v) is 1.15. The summed E-state index contributed by atoms with van der Waals surface area (Å²) in [6.45, 7) is 8.66. The lowest BCUT2D eigenvalue weighted by molar-refractivity contribution is 0.0424. The van der Waals surface area contributed by atoms with E-state index in [0.717, 1.165) is 0 Å². The zero-order chi connectivity index (χ0) is 11.0. The molecule has 1 fully saturated rings. The standard InChI is InChI=1S/C10H16FNO2/c1-5-7-6-10(7,11)12-8(13)14-9(2,3)4/h5,7H,1,6H2,2-4H3,(H,12,13)/t7-,10-/m1/s1. The first kappa shape index (κ1) is 11.0. The SMILES string of the molecule is C=C[C@@H]1C[C@@]1(F)NC(=O)OC(C)(C)C. The van der Waals surface area contributed by atoms with Crippen LogP contribution in [0.5, 0.6) is 0 Å². The molecule has 0 aliphatic heterocycles. The molecule has 0 aromatic heterocycles. The fraction of sp³-hybridized carbons (Fsp3) is 0.700. The number of carbonyl (C=O) groups is 1. The first-order valence-corrected chi connectivity index (χ1v) is 4.59. The number of hydrogen-bond donors (Lipinski definition) is 1. The number of carbonyl (C=O) groups excluding carboxylic acids is 1. The van der Waals surface area contributed by atoms with Crippen molar-refractivity contribution >= 4 is 6.09 Å². The highest BCUT2D eigenvalue weighted by Gasteiger charge is 2.55. The summed E-state index contributed by atoms with van der Waals surface area (Å²) < 4.78 is 18.4. The first-order chi connectivity index (χ1) is 6.27. The molecule has 1 N–H and O–H groups in total. The van der Waals surface area contributed by atoms with Gasteiger partial charge in [0.1, 0.15) is 5.60 Å². The van der Waals surface area contributed by atoms with Crippen molar-refractivity contribution in [1.82, 2.24) is 5.32 Å². The molecule has 0 unspecified atom stereocenters. The molecule has 0 bridgehead atoms. The Bertz CT molecular complexity index is 259. The predicted octanol–water partition coefficient (Wildman–Crippen LogP) is 2.38. The van der Waals surface area contributed by atoms with Gasteiger partial charge in [0.2, 0.25) is 0 Å². The van der Waals surface area contributed by atoms with E-state index in [1.54, 1.807) is 20.8 Å². The second kappa shape index (κ2) is 3.26. The Labute approximate surface area is 83.3 Å². The van der Waals surface area contributed by atoms with Gasteiger partial charge in [0, 0.05) is 12.3 Å². The van der Waals surface area contributed by atoms with E-state index in [1.807, 2.05) is 0 Å². The molecule has 2 atom stereocenters. The van der Waals surface area contributed by atoms with E-state index in [1.165, 1.54) is 6.08 Å². The van der Waals surface area contributed by atoms with Gasteiger partial charge in [0.25, 0.3) is 0 Å². The van der Waals surface area contributed by atoms with E-state index in [4.69, 9.17) is 4.74 Å². The average Bonchev–Trinajstić information content (AvgIpc) is 2.56. The number of nitrogens with one attached hydrogen (secondary N) is 1. The van der Waals surface area contributed by atoms with Gasteiger partial charge in [-0.1, -0.05) is 6.08 Å².